The van der Waals surface area contributed by atoms with Crippen molar-refractivity contribution in [2.75, 3.05) is 33.3 Å². The normalized spacial score (nSPS) is 16.5. The fourth-order valence-electron chi connectivity index (χ4n) is 4.61. The average molecular weight is 493 g/mol. The number of piperazine rings is 1. The monoisotopic (exact) mass is 492 g/mol. The number of carbonyl (C=O) groups excluding carboxylic acids is 1. The molecule has 1 aliphatic heterocycles. The Morgan fingerprint density at radius 2 is 1.94 bits per heavy atom. The summed E-state index contributed by atoms with van der Waals surface area (Å²) in [5.41, 5.74) is 2.13. The van der Waals surface area contributed by atoms with Crippen molar-refractivity contribution in [2.45, 2.75) is 26.8 Å². The number of pyridine rings is 1. The number of rotatable bonds is 5. The van der Waals surface area contributed by atoms with Crippen LogP contribution in [0, 0.1) is 12.7 Å². The molecule has 0 aliphatic carbocycles. The second-order valence-electron chi connectivity index (χ2n) is 9.12. The van der Waals surface area contributed by atoms with Crippen molar-refractivity contribution in [3.8, 4) is 23.0 Å². The second kappa shape index (κ2) is 9.66. The molecule has 2 aromatic carbocycles. The van der Waals surface area contributed by atoms with Crippen molar-refractivity contribution >= 4 is 27.9 Å². The highest BCUT2D eigenvalue weighted by Gasteiger charge is 2.28. The number of ether oxygens (including phenoxy) is 3. The van der Waals surface area contributed by atoms with Gasteiger partial charge in [-0.3, -0.25) is 4.98 Å². The van der Waals surface area contributed by atoms with E-state index in [4.69, 9.17) is 14.2 Å². The predicted molar refractivity (Wildman–Crippen MR) is 136 cm³/mol. The number of amides is 1. The van der Waals surface area contributed by atoms with Crippen molar-refractivity contribution < 1.29 is 23.4 Å². The van der Waals surface area contributed by atoms with Gasteiger partial charge in [0, 0.05) is 59.9 Å². The van der Waals surface area contributed by atoms with Crippen molar-refractivity contribution in [2.24, 2.45) is 0 Å². The minimum absolute atomic E-state index is 0.0165. The lowest BCUT2D eigenvalue weighted by Crippen LogP contribution is -2.53. The van der Waals surface area contributed by atoms with E-state index in [0.29, 0.717) is 46.5 Å². The van der Waals surface area contributed by atoms with E-state index in [1.54, 1.807) is 47.5 Å². The van der Waals surface area contributed by atoms with E-state index < -0.39 is 11.9 Å². The van der Waals surface area contributed by atoms with Crippen molar-refractivity contribution in [1.82, 2.24) is 19.8 Å². The number of hydrogen-bond donors (Lipinski definition) is 1. The summed E-state index contributed by atoms with van der Waals surface area (Å²) in [6, 6.07) is 10.2. The summed E-state index contributed by atoms with van der Waals surface area (Å²) in [5, 5.41) is 1.03. The highest BCUT2D eigenvalue weighted by molar-refractivity contribution is 5.90. The molecule has 1 atom stereocenters. The van der Waals surface area contributed by atoms with Gasteiger partial charge in [-0.2, -0.15) is 0 Å². The number of aromatic nitrogens is 2. The lowest BCUT2D eigenvalue weighted by Gasteiger charge is -2.37. The molecular formula is C27H29FN4O4. The zero-order chi connectivity index (χ0) is 25.4. The molecule has 1 fully saturated rings. The Labute approximate surface area is 208 Å². The molecule has 1 aliphatic rings. The lowest BCUT2D eigenvalue weighted by atomic mass is 10.1. The maximum atomic E-state index is 15.2. The minimum atomic E-state index is -0.455. The number of benzene rings is 2. The summed E-state index contributed by atoms with van der Waals surface area (Å²) in [7, 11) is 2.03. The third kappa shape index (κ3) is 4.54. The van der Waals surface area contributed by atoms with Crippen LogP contribution < -0.4 is 14.2 Å². The van der Waals surface area contributed by atoms with Crippen molar-refractivity contribution in [3.63, 3.8) is 0 Å². The lowest BCUT2D eigenvalue weighted by molar-refractivity contribution is 0.0884. The molecule has 0 spiro atoms. The molecular weight excluding hydrogens is 463 g/mol. The first-order valence-electron chi connectivity index (χ1n) is 12.0. The van der Waals surface area contributed by atoms with E-state index in [9.17, 15) is 4.79 Å². The minimum Gasteiger partial charge on any atom is -0.490 e. The molecule has 9 heteroatoms. The predicted octanol–water partition coefficient (Wildman–Crippen LogP) is 5.49. The molecule has 8 nitrogen and oxygen atoms in total. The first-order valence-corrected chi connectivity index (χ1v) is 12.0. The molecule has 5 rings (SSSR count). The number of aromatic amines is 1. The molecule has 36 heavy (non-hydrogen) atoms. The van der Waals surface area contributed by atoms with Crippen LogP contribution in [0.1, 0.15) is 19.5 Å². The summed E-state index contributed by atoms with van der Waals surface area (Å²) in [6.07, 6.45) is 1.14. The molecule has 2 aromatic heterocycles. The first kappa shape index (κ1) is 23.9. The fourth-order valence-corrected chi connectivity index (χ4v) is 4.61. The highest BCUT2D eigenvalue weighted by Crippen LogP contribution is 2.39. The van der Waals surface area contributed by atoms with Crippen LogP contribution in [0.5, 0.6) is 23.0 Å². The van der Waals surface area contributed by atoms with Gasteiger partial charge in [-0.25, -0.2) is 9.18 Å². The molecule has 0 saturated carbocycles. The van der Waals surface area contributed by atoms with E-state index in [2.05, 4.69) is 14.9 Å². The fraction of sp³-hybridized carbons (Fsp3) is 0.333. The molecule has 1 N–H and O–H groups in total. The van der Waals surface area contributed by atoms with Crippen LogP contribution in [0.3, 0.4) is 0 Å². The first-order chi connectivity index (χ1) is 17.3. The Morgan fingerprint density at radius 3 is 2.72 bits per heavy atom. The van der Waals surface area contributed by atoms with E-state index in [1.165, 1.54) is 0 Å². The Morgan fingerprint density at radius 1 is 1.11 bits per heavy atom. The topological polar surface area (TPSA) is 79.9 Å². The van der Waals surface area contributed by atoms with Gasteiger partial charge >= 0.3 is 6.09 Å². The van der Waals surface area contributed by atoms with Gasteiger partial charge in [-0.1, -0.05) is 0 Å². The molecule has 0 radical (unpaired) electrons. The van der Waals surface area contributed by atoms with Gasteiger partial charge in [0.1, 0.15) is 5.75 Å². The van der Waals surface area contributed by atoms with E-state index in [1.807, 2.05) is 27.8 Å². The van der Waals surface area contributed by atoms with Crippen LogP contribution in [0.25, 0.3) is 21.8 Å². The highest BCUT2D eigenvalue weighted by atomic mass is 19.1. The van der Waals surface area contributed by atoms with Crippen LogP contribution in [0.2, 0.25) is 0 Å². The molecule has 3 heterocycles. The quantitative estimate of drug-likeness (QED) is 0.397. The smallest absolute Gasteiger partial charge is 0.415 e. The van der Waals surface area contributed by atoms with Crippen LogP contribution in [-0.4, -0.2) is 65.2 Å². The number of likely N-dealkylation sites (N-methyl/N-ethyl adjacent to an activating group) is 1. The number of aryl methyl sites for hydroxylation is 1. The van der Waals surface area contributed by atoms with E-state index >= 15 is 4.39 Å². The number of nitrogens with one attached hydrogen (secondary N) is 1. The van der Waals surface area contributed by atoms with Crippen molar-refractivity contribution in [3.05, 3.63) is 54.1 Å². The van der Waals surface area contributed by atoms with Crippen LogP contribution in [0.4, 0.5) is 9.18 Å². The van der Waals surface area contributed by atoms with Crippen LogP contribution >= 0.6 is 0 Å². The summed E-state index contributed by atoms with van der Waals surface area (Å²) in [5.74, 6) is 0.686. The second-order valence-corrected chi connectivity index (χ2v) is 9.12. The molecule has 1 amide bonds. The number of hydrogen-bond acceptors (Lipinski definition) is 6. The van der Waals surface area contributed by atoms with E-state index in [-0.39, 0.29) is 17.5 Å². The number of H-pyrrole nitrogens is 1. The van der Waals surface area contributed by atoms with Crippen LogP contribution in [-0.2, 0) is 0 Å². The van der Waals surface area contributed by atoms with E-state index in [0.717, 1.165) is 18.8 Å². The molecule has 188 valence electrons. The molecule has 1 unspecified atom stereocenters. The summed E-state index contributed by atoms with van der Waals surface area (Å²) >= 11 is 0. The van der Waals surface area contributed by atoms with Gasteiger partial charge in [0.2, 0.25) is 0 Å². The Bertz CT molecular complexity index is 1440. The standard InChI is InChI=1S/C27H29FN4O4/c1-5-34-24-14-21-18(13-25(24)36-27(33)32-11-10-31(4)15-17(32)3)22(8-9-29-21)35-23-7-6-20-19(26(23)28)12-16(2)30-20/h6-9,12-14,17,30H,5,10-11,15H2,1-4H3. The number of carbonyl (C=O) groups is 1. The molecule has 0 bridgehead atoms. The van der Waals surface area contributed by atoms with Gasteiger partial charge in [0.25, 0.3) is 0 Å². The maximum Gasteiger partial charge on any atom is 0.415 e. The summed E-state index contributed by atoms with van der Waals surface area (Å²) in [4.78, 5) is 24.5. The van der Waals surface area contributed by atoms with Crippen LogP contribution in [0.15, 0.2) is 42.6 Å². The summed E-state index contributed by atoms with van der Waals surface area (Å²) < 4.78 is 32.8. The Hall–Kier alpha value is -3.85. The summed E-state index contributed by atoms with van der Waals surface area (Å²) in [6.45, 7) is 8.22. The third-order valence-electron chi connectivity index (χ3n) is 6.39. The van der Waals surface area contributed by atoms with Gasteiger partial charge in [0.05, 0.1) is 12.1 Å². The number of halogens is 1. The SMILES string of the molecule is CCOc1cc2nccc(Oc3ccc4[nH]c(C)cc4c3F)c2cc1OC(=O)N1CCN(C)CC1C. The Balaban J connectivity index is 1.50. The zero-order valence-corrected chi connectivity index (χ0v) is 20.8. The molecule has 1 saturated heterocycles. The van der Waals surface area contributed by atoms with Crippen molar-refractivity contribution in [1.29, 1.82) is 0 Å². The average Bonchev–Trinajstić information content (AvgIpc) is 3.23. The van der Waals surface area contributed by atoms with Gasteiger partial charge in [0.15, 0.2) is 23.1 Å². The largest absolute Gasteiger partial charge is 0.490 e. The van der Waals surface area contributed by atoms with Gasteiger partial charge < -0.3 is 29.0 Å². The number of fused-ring (bicyclic) bond motifs is 2. The third-order valence-corrected chi connectivity index (χ3v) is 6.39. The molecule has 4 aromatic rings. The van der Waals surface area contributed by atoms with Gasteiger partial charge in [-0.05, 0) is 58.2 Å². The zero-order valence-electron chi connectivity index (χ0n) is 20.8. The van der Waals surface area contributed by atoms with Gasteiger partial charge in [-0.15, -0.1) is 0 Å². The Kier molecular flexibility index (Phi) is 6.40. The maximum absolute atomic E-state index is 15.2. The number of nitrogens with zero attached hydrogens (tertiary/aromatic N) is 3.